The van der Waals surface area contributed by atoms with Crippen LogP contribution in [0.3, 0.4) is 0 Å². The van der Waals surface area contributed by atoms with Crippen molar-refractivity contribution < 1.29 is 0 Å². The first-order chi connectivity index (χ1) is 16.8. The Hall–Kier alpha value is -4.30. The van der Waals surface area contributed by atoms with Crippen molar-refractivity contribution in [3.8, 4) is 0 Å². The maximum Gasteiger partial charge on any atom is 0.137 e. The van der Waals surface area contributed by atoms with Crippen LogP contribution in [0.5, 0.6) is 0 Å². The number of nitrogens with zero attached hydrogens (tertiary/aromatic N) is 2. The fraction of sp³-hybridized carbons (Fsp3) is 0.0625. The molecule has 34 heavy (non-hydrogen) atoms. The highest BCUT2D eigenvalue weighted by Crippen LogP contribution is 2.43. The van der Waals surface area contributed by atoms with Crippen molar-refractivity contribution in [2.24, 2.45) is 0 Å². The lowest BCUT2D eigenvalue weighted by atomic mass is 10.0. The molecular weight excluding hydrogens is 412 g/mol. The van der Waals surface area contributed by atoms with Gasteiger partial charge in [-0.15, -0.1) is 0 Å². The highest BCUT2D eigenvalue weighted by Gasteiger charge is 2.30. The average molecular weight is 441 g/mol. The van der Waals surface area contributed by atoms with Crippen LogP contribution >= 0.6 is 0 Å². The fourth-order valence-electron chi connectivity index (χ4n) is 4.46. The minimum absolute atomic E-state index is 0.116. The first kappa shape index (κ1) is 21.5. The second-order valence-electron chi connectivity index (χ2n) is 8.37. The summed E-state index contributed by atoms with van der Waals surface area (Å²) in [4.78, 5) is 4.85. The van der Waals surface area contributed by atoms with Gasteiger partial charge in [-0.25, -0.2) is 0 Å². The van der Waals surface area contributed by atoms with Crippen molar-refractivity contribution in [3.05, 3.63) is 157 Å². The molecule has 2 nitrogen and oxygen atoms in total. The number of rotatable bonds is 7. The van der Waals surface area contributed by atoms with Gasteiger partial charge in [0.15, 0.2) is 0 Å². The van der Waals surface area contributed by atoms with Crippen LogP contribution in [-0.4, -0.2) is 0 Å². The summed E-state index contributed by atoms with van der Waals surface area (Å²) >= 11 is 0. The normalized spacial score (nSPS) is 10.8. The number of anilines is 4. The molecule has 0 saturated heterocycles. The predicted molar refractivity (Wildman–Crippen MR) is 144 cm³/mol. The summed E-state index contributed by atoms with van der Waals surface area (Å²) in [5.74, 6) is 0. The Balaban J connectivity index is 1.80. The molecule has 0 aliphatic heterocycles. The maximum atomic E-state index is 2.43. The van der Waals surface area contributed by atoms with Crippen LogP contribution in [0.25, 0.3) is 0 Å². The third-order valence-electron chi connectivity index (χ3n) is 5.97. The average Bonchev–Trinajstić information content (AvgIpc) is 2.91. The minimum Gasteiger partial charge on any atom is -0.316 e. The summed E-state index contributed by atoms with van der Waals surface area (Å²) in [5, 5.41) is 0. The van der Waals surface area contributed by atoms with Crippen molar-refractivity contribution in [1.82, 2.24) is 0 Å². The van der Waals surface area contributed by atoms with E-state index >= 15 is 0 Å². The largest absolute Gasteiger partial charge is 0.316 e. The highest BCUT2D eigenvalue weighted by molar-refractivity contribution is 5.72. The van der Waals surface area contributed by atoms with E-state index in [1.807, 2.05) is 0 Å². The van der Waals surface area contributed by atoms with Crippen LogP contribution in [0.15, 0.2) is 146 Å². The lowest BCUT2D eigenvalue weighted by molar-refractivity contribution is 0.705. The molecule has 0 spiro atoms. The molecule has 0 radical (unpaired) electrons. The molecule has 166 valence electrons. The molecule has 0 fully saturated rings. The van der Waals surface area contributed by atoms with E-state index in [2.05, 4.69) is 162 Å². The smallest absolute Gasteiger partial charge is 0.137 e. The van der Waals surface area contributed by atoms with Gasteiger partial charge in [-0.2, -0.15) is 0 Å². The van der Waals surface area contributed by atoms with Gasteiger partial charge in [-0.05, 0) is 61.0 Å². The number of hydrogen-bond acceptors (Lipinski definition) is 2. The van der Waals surface area contributed by atoms with Gasteiger partial charge >= 0.3 is 0 Å². The van der Waals surface area contributed by atoms with Gasteiger partial charge in [0.25, 0.3) is 0 Å². The molecule has 5 aromatic rings. The number of aryl methyl sites for hydroxylation is 1. The number of hydrogen-bond donors (Lipinski definition) is 0. The molecule has 5 aromatic carbocycles. The van der Waals surface area contributed by atoms with Crippen molar-refractivity contribution in [2.45, 2.75) is 13.1 Å². The second-order valence-corrected chi connectivity index (χ2v) is 8.37. The van der Waals surface area contributed by atoms with Gasteiger partial charge in [0.1, 0.15) is 6.17 Å². The standard InChI is InChI=1S/C32H28N2/c1-26-15-14-16-27(25-26)32(33(28-17-6-2-7-18-28)29-19-8-3-9-20-29)34(30-21-10-4-11-22-30)31-23-12-5-13-24-31/h2-25,32H,1H3. The minimum atomic E-state index is -0.116. The van der Waals surface area contributed by atoms with Gasteiger partial charge in [0, 0.05) is 22.7 Å². The van der Waals surface area contributed by atoms with E-state index in [0.29, 0.717) is 0 Å². The number of para-hydroxylation sites is 4. The Morgan fingerprint density at radius 1 is 0.412 bits per heavy atom. The van der Waals surface area contributed by atoms with Crippen molar-refractivity contribution in [2.75, 3.05) is 9.80 Å². The zero-order valence-corrected chi connectivity index (χ0v) is 19.3. The van der Waals surface area contributed by atoms with Crippen LogP contribution in [0.2, 0.25) is 0 Å². The van der Waals surface area contributed by atoms with Crippen molar-refractivity contribution in [3.63, 3.8) is 0 Å². The van der Waals surface area contributed by atoms with Crippen LogP contribution in [0.1, 0.15) is 17.3 Å². The van der Waals surface area contributed by atoms with Gasteiger partial charge in [-0.3, -0.25) is 0 Å². The molecule has 0 aliphatic rings. The van der Waals surface area contributed by atoms with E-state index in [1.54, 1.807) is 0 Å². The lowest BCUT2D eigenvalue weighted by Crippen LogP contribution is -2.37. The van der Waals surface area contributed by atoms with E-state index in [4.69, 9.17) is 0 Å². The van der Waals surface area contributed by atoms with E-state index in [1.165, 1.54) is 11.1 Å². The molecule has 2 heteroatoms. The first-order valence-electron chi connectivity index (χ1n) is 11.7. The molecule has 5 rings (SSSR count). The zero-order chi connectivity index (χ0) is 23.2. The molecular formula is C32H28N2. The van der Waals surface area contributed by atoms with E-state index in [-0.39, 0.29) is 6.17 Å². The molecule has 0 saturated carbocycles. The van der Waals surface area contributed by atoms with Crippen LogP contribution in [-0.2, 0) is 0 Å². The Bertz CT molecular complexity index is 1140. The van der Waals surface area contributed by atoms with Crippen LogP contribution < -0.4 is 9.80 Å². The molecule has 0 aromatic heterocycles. The summed E-state index contributed by atoms with van der Waals surface area (Å²) in [6.45, 7) is 2.16. The lowest BCUT2D eigenvalue weighted by Gasteiger charge is -2.43. The SMILES string of the molecule is Cc1cccc(C(N(c2ccccc2)c2ccccc2)N(c2ccccc2)c2ccccc2)c1. The first-order valence-corrected chi connectivity index (χ1v) is 11.7. The maximum absolute atomic E-state index is 2.43. The van der Waals surface area contributed by atoms with E-state index < -0.39 is 0 Å². The summed E-state index contributed by atoms with van der Waals surface area (Å²) in [5.41, 5.74) is 7.01. The van der Waals surface area contributed by atoms with Crippen LogP contribution in [0.4, 0.5) is 22.7 Å². The molecule has 0 atom stereocenters. The van der Waals surface area contributed by atoms with Gasteiger partial charge in [0.05, 0.1) is 0 Å². The monoisotopic (exact) mass is 440 g/mol. The van der Waals surface area contributed by atoms with E-state index in [9.17, 15) is 0 Å². The molecule has 0 aliphatic carbocycles. The highest BCUT2D eigenvalue weighted by atomic mass is 15.4. The molecule has 0 amide bonds. The van der Waals surface area contributed by atoms with Gasteiger partial charge < -0.3 is 9.80 Å². The summed E-state index contributed by atoms with van der Waals surface area (Å²) in [6, 6.07) is 51.4. The summed E-state index contributed by atoms with van der Waals surface area (Å²) in [7, 11) is 0. The van der Waals surface area contributed by atoms with Gasteiger partial charge in [0.2, 0.25) is 0 Å². The Labute approximate surface area is 202 Å². The molecule has 0 heterocycles. The quantitative estimate of drug-likeness (QED) is 0.234. The predicted octanol–water partition coefficient (Wildman–Crippen LogP) is 8.67. The third kappa shape index (κ3) is 4.57. The zero-order valence-electron chi connectivity index (χ0n) is 19.3. The second kappa shape index (κ2) is 10.1. The topological polar surface area (TPSA) is 6.48 Å². The molecule has 0 unspecified atom stereocenters. The summed E-state index contributed by atoms with van der Waals surface area (Å²) in [6.07, 6.45) is -0.116. The fourth-order valence-corrected chi connectivity index (χ4v) is 4.46. The molecule has 0 N–H and O–H groups in total. The summed E-state index contributed by atoms with van der Waals surface area (Å²) < 4.78 is 0. The Morgan fingerprint density at radius 3 is 1.09 bits per heavy atom. The molecule has 0 bridgehead atoms. The van der Waals surface area contributed by atoms with Gasteiger partial charge in [-0.1, -0.05) is 103 Å². The van der Waals surface area contributed by atoms with Crippen molar-refractivity contribution in [1.29, 1.82) is 0 Å². The van der Waals surface area contributed by atoms with Crippen molar-refractivity contribution >= 4 is 22.7 Å². The Kier molecular flexibility index (Phi) is 6.40. The number of benzene rings is 5. The Morgan fingerprint density at radius 2 is 0.765 bits per heavy atom. The van der Waals surface area contributed by atoms with Crippen LogP contribution in [0, 0.1) is 6.92 Å². The van der Waals surface area contributed by atoms with E-state index in [0.717, 1.165) is 22.7 Å². The third-order valence-corrected chi connectivity index (χ3v) is 5.97.